The lowest BCUT2D eigenvalue weighted by molar-refractivity contribution is -0.859. The van der Waals surface area contributed by atoms with Gasteiger partial charge in [0.15, 0.2) is 0 Å². The average Bonchev–Trinajstić information content (AvgIpc) is 2.80. The molecule has 0 radical (unpaired) electrons. The maximum Gasteiger partial charge on any atom is 0.417 e. The van der Waals surface area contributed by atoms with Gasteiger partial charge in [0.1, 0.15) is 11.9 Å². The lowest BCUT2D eigenvalue weighted by Gasteiger charge is -2.47. The van der Waals surface area contributed by atoms with E-state index in [1.54, 1.807) is 0 Å². The van der Waals surface area contributed by atoms with E-state index in [-0.39, 0.29) is 28.4 Å². The quantitative estimate of drug-likeness (QED) is 0.596. The fourth-order valence-corrected chi connectivity index (χ4v) is 5.77. The van der Waals surface area contributed by atoms with Crippen molar-refractivity contribution in [1.82, 2.24) is 10.2 Å². The monoisotopic (exact) mass is 418 g/mol. The number of halogens is 1. The van der Waals surface area contributed by atoms with E-state index in [4.69, 9.17) is 6.42 Å². The minimum absolute atomic E-state index is 0.0553. The molecule has 3 saturated heterocycles. The SMILES string of the molecule is C#Cc1ccc2c(c1)CC[N+](C)(C(=O)N[C@@H]1CN3CCC1CC3)[C@@H]2c1ccc(F)cc1. The van der Waals surface area contributed by atoms with Crippen LogP contribution in [0, 0.1) is 24.1 Å². The Morgan fingerprint density at radius 3 is 2.58 bits per heavy atom. The van der Waals surface area contributed by atoms with Gasteiger partial charge in [0.2, 0.25) is 0 Å². The van der Waals surface area contributed by atoms with E-state index < -0.39 is 0 Å². The molecule has 4 heterocycles. The maximum absolute atomic E-state index is 13.8. The van der Waals surface area contributed by atoms with Crippen LogP contribution in [0.4, 0.5) is 9.18 Å². The number of urea groups is 1. The van der Waals surface area contributed by atoms with Gasteiger partial charge < -0.3 is 10.2 Å². The van der Waals surface area contributed by atoms with Crippen LogP contribution in [-0.4, -0.2) is 54.7 Å². The van der Waals surface area contributed by atoms with Crippen molar-refractivity contribution in [1.29, 1.82) is 0 Å². The molecule has 2 bridgehead atoms. The molecular formula is C26H29FN3O+. The van der Waals surface area contributed by atoms with Crippen LogP contribution in [0.2, 0.25) is 0 Å². The first-order valence-electron chi connectivity index (χ1n) is 11.2. The number of nitrogens with zero attached hydrogens (tertiary/aromatic N) is 2. The van der Waals surface area contributed by atoms with Crippen molar-refractivity contribution in [2.45, 2.75) is 31.3 Å². The van der Waals surface area contributed by atoms with Crippen LogP contribution in [0.1, 0.15) is 41.1 Å². The van der Waals surface area contributed by atoms with Gasteiger partial charge in [-0.3, -0.25) is 0 Å². The van der Waals surface area contributed by atoms with Gasteiger partial charge in [-0.2, -0.15) is 0 Å². The fraction of sp³-hybridized carbons (Fsp3) is 0.423. The standard InChI is InChI=1S/C26H28FN3O/c1-3-18-4-9-23-21(16-18)12-15-30(2,25(23)20-5-7-22(27)8-6-20)26(31)28-24-17-29-13-10-19(24)11-14-29/h1,4-9,16,19,24-25H,10-15,17H2,2H3/p+1/t24-,25-,30?/m1/s1. The number of carbonyl (C=O) groups is 1. The van der Waals surface area contributed by atoms with E-state index >= 15 is 0 Å². The van der Waals surface area contributed by atoms with E-state index in [0.717, 1.165) is 55.6 Å². The summed E-state index contributed by atoms with van der Waals surface area (Å²) in [5.74, 6) is 3.01. The van der Waals surface area contributed by atoms with Gasteiger partial charge in [-0.25, -0.2) is 13.7 Å². The third-order valence-electron chi connectivity index (χ3n) is 7.63. The zero-order valence-corrected chi connectivity index (χ0v) is 18.0. The first-order chi connectivity index (χ1) is 15.0. The predicted molar refractivity (Wildman–Crippen MR) is 119 cm³/mol. The van der Waals surface area contributed by atoms with E-state index in [1.807, 2.05) is 25.2 Å². The Hall–Kier alpha value is -2.68. The molecule has 5 heteroatoms. The zero-order valence-electron chi connectivity index (χ0n) is 18.0. The van der Waals surface area contributed by atoms with Gasteiger partial charge in [0.05, 0.1) is 13.6 Å². The number of fused-ring (bicyclic) bond motifs is 4. The van der Waals surface area contributed by atoms with E-state index in [0.29, 0.717) is 12.5 Å². The number of likely N-dealkylation sites (N-methyl/N-ethyl adjacent to an activating group) is 1. The number of rotatable bonds is 2. The van der Waals surface area contributed by atoms with Crippen LogP contribution in [0.15, 0.2) is 42.5 Å². The Morgan fingerprint density at radius 2 is 1.94 bits per heavy atom. The highest BCUT2D eigenvalue weighted by Gasteiger charge is 2.48. The second-order valence-corrected chi connectivity index (χ2v) is 9.45. The zero-order chi connectivity index (χ0) is 21.6. The fourth-order valence-electron chi connectivity index (χ4n) is 5.77. The Kier molecular flexibility index (Phi) is 5.08. The number of carbonyl (C=O) groups excluding carboxylic acids is 1. The molecule has 2 aromatic carbocycles. The number of quaternary nitrogens is 1. The van der Waals surface area contributed by atoms with Crippen LogP contribution >= 0.6 is 0 Å². The molecule has 1 N–H and O–H groups in total. The van der Waals surface area contributed by atoms with E-state index in [9.17, 15) is 9.18 Å². The molecule has 31 heavy (non-hydrogen) atoms. The molecule has 0 aromatic heterocycles. The number of nitrogens with one attached hydrogen (secondary N) is 1. The molecule has 6 rings (SSSR count). The lowest BCUT2D eigenvalue weighted by Crippen LogP contribution is -2.65. The summed E-state index contributed by atoms with van der Waals surface area (Å²) < 4.78 is 13.9. The van der Waals surface area contributed by atoms with Gasteiger partial charge in [-0.15, -0.1) is 6.42 Å². The maximum atomic E-state index is 13.8. The largest absolute Gasteiger partial charge is 0.417 e. The third kappa shape index (κ3) is 3.54. The van der Waals surface area contributed by atoms with E-state index in [2.05, 4.69) is 28.3 Å². The highest BCUT2D eigenvalue weighted by Crippen LogP contribution is 2.40. The van der Waals surface area contributed by atoms with Crippen molar-refractivity contribution in [2.24, 2.45) is 5.92 Å². The third-order valence-corrected chi connectivity index (χ3v) is 7.63. The van der Waals surface area contributed by atoms with Crippen LogP contribution in [0.25, 0.3) is 0 Å². The summed E-state index contributed by atoms with van der Waals surface area (Å²) in [6, 6.07) is 12.7. The summed E-state index contributed by atoms with van der Waals surface area (Å²) in [5.41, 5.74) is 4.08. The first-order valence-corrected chi connectivity index (χ1v) is 11.2. The molecule has 1 unspecified atom stereocenters. The van der Waals surface area contributed by atoms with Gasteiger partial charge in [0, 0.05) is 35.7 Å². The minimum Gasteiger partial charge on any atom is -0.301 e. The van der Waals surface area contributed by atoms with Gasteiger partial charge >= 0.3 is 6.03 Å². The molecule has 3 fully saturated rings. The summed E-state index contributed by atoms with van der Waals surface area (Å²) in [7, 11) is 2.02. The van der Waals surface area contributed by atoms with Crippen LogP contribution in [0.3, 0.4) is 0 Å². The van der Waals surface area contributed by atoms with Gasteiger partial charge in [0.25, 0.3) is 0 Å². The molecule has 0 saturated carbocycles. The number of benzene rings is 2. The summed E-state index contributed by atoms with van der Waals surface area (Å²) in [4.78, 5) is 16.2. The van der Waals surface area contributed by atoms with Crippen molar-refractivity contribution in [3.05, 3.63) is 70.5 Å². The molecule has 4 nitrogen and oxygen atoms in total. The average molecular weight is 419 g/mol. The molecule has 4 aliphatic heterocycles. The van der Waals surface area contributed by atoms with Crippen molar-refractivity contribution >= 4 is 6.03 Å². The molecule has 2 amide bonds. The summed E-state index contributed by atoms with van der Waals surface area (Å²) in [5, 5.41) is 3.41. The molecule has 160 valence electrons. The number of piperidine rings is 3. The number of amides is 2. The second-order valence-electron chi connectivity index (χ2n) is 9.45. The second kappa shape index (κ2) is 7.78. The Labute approximate surface area is 183 Å². The normalized spacial score (nSPS) is 31.5. The first kappa shape index (κ1) is 20.2. The number of terminal acetylenes is 1. The van der Waals surface area contributed by atoms with Crippen LogP contribution in [-0.2, 0) is 6.42 Å². The molecule has 2 aromatic rings. The summed E-state index contributed by atoms with van der Waals surface area (Å²) in [6.07, 6.45) is 8.72. The van der Waals surface area contributed by atoms with Crippen molar-refractivity contribution in [3.8, 4) is 12.3 Å². The molecular weight excluding hydrogens is 389 g/mol. The number of hydrogen-bond acceptors (Lipinski definition) is 2. The smallest absolute Gasteiger partial charge is 0.301 e. The van der Waals surface area contributed by atoms with Crippen molar-refractivity contribution in [2.75, 3.05) is 33.2 Å². The molecule has 0 spiro atoms. The summed E-state index contributed by atoms with van der Waals surface area (Å²) >= 11 is 0. The minimum atomic E-state index is -0.270. The number of hydrogen-bond donors (Lipinski definition) is 1. The topological polar surface area (TPSA) is 32.3 Å². The van der Waals surface area contributed by atoms with Crippen molar-refractivity contribution < 1.29 is 13.7 Å². The van der Waals surface area contributed by atoms with Crippen molar-refractivity contribution in [3.63, 3.8) is 0 Å². The lowest BCUT2D eigenvalue weighted by atomic mass is 9.83. The van der Waals surface area contributed by atoms with Crippen LogP contribution < -0.4 is 5.32 Å². The Balaban J connectivity index is 1.51. The highest BCUT2D eigenvalue weighted by atomic mass is 19.1. The molecule has 4 aliphatic rings. The summed E-state index contributed by atoms with van der Waals surface area (Å²) in [6.45, 7) is 3.91. The Morgan fingerprint density at radius 1 is 1.19 bits per heavy atom. The molecule has 0 aliphatic carbocycles. The van der Waals surface area contributed by atoms with Gasteiger partial charge in [-0.05, 0) is 73.8 Å². The highest BCUT2D eigenvalue weighted by molar-refractivity contribution is 5.69. The Bertz CT molecular complexity index is 1040. The predicted octanol–water partition coefficient (Wildman–Crippen LogP) is 3.70. The molecule has 3 atom stereocenters. The van der Waals surface area contributed by atoms with Gasteiger partial charge in [-0.1, -0.05) is 12.0 Å². The van der Waals surface area contributed by atoms with E-state index in [1.165, 1.54) is 17.7 Å². The van der Waals surface area contributed by atoms with Crippen LogP contribution in [0.5, 0.6) is 0 Å².